The summed E-state index contributed by atoms with van der Waals surface area (Å²) >= 11 is 0. The molecule has 138 valence electrons. The van der Waals surface area contributed by atoms with Gasteiger partial charge in [-0.2, -0.15) is 5.10 Å². The summed E-state index contributed by atoms with van der Waals surface area (Å²) in [6.45, 7) is 3.01. The molecule has 0 spiro atoms. The molecule has 1 aromatic carbocycles. The number of anilines is 2. The molecule has 8 nitrogen and oxygen atoms in total. The van der Waals surface area contributed by atoms with Gasteiger partial charge in [0, 0.05) is 18.5 Å². The highest BCUT2D eigenvalue weighted by atomic mass is 16.5. The molecule has 0 saturated carbocycles. The first-order chi connectivity index (χ1) is 13.2. The van der Waals surface area contributed by atoms with Crippen LogP contribution in [0, 0.1) is 0 Å². The van der Waals surface area contributed by atoms with Crippen molar-refractivity contribution in [1.29, 1.82) is 0 Å². The third kappa shape index (κ3) is 3.80. The molecule has 27 heavy (non-hydrogen) atoms. The lowest BCUT2D eigenvalue weighted by molar-refractivity contribution is -0.115. The number of carbonyl (C=O) groups is 1. The molecule has 1 aliphatic heterocycles. The van der Waals surface area contributed by atoms with Gasteiger partial charge in [-0.05, 0) is 18.2 Å². The summed E-state index contributed by atoms with van der Waals surface area (Å²) in [5, 5.41) is 10.5. The van der Waals surface area contributed by atoms with E-state index < -0.39 is 0 Å². The molecule has 3 aromatic rings. The number of morpholine rings is 1. The fourth-order valence-corrected chi connectivity index (χ4v) is 3.10. The quantitative estimate of drug-likeness (QED) is 0.724. The number of ether oxygens (including phenoxy) is 1. The van der Waals surface area contributed by atoms with Gasteiger partial charge < -0.3 is 15.0 Å². The number of hydrogen-bond donors (Lipinski definition) is 2. The topological polar surface area (TPSA) is 100 Å². The number of benzene rings is 1. The lowest BCUT2D eigenvalue weighted by Gasteiger charge is -2.27. The summed E-state index contributed by atoms with van der Waals surface area (Å²) in [7, 11) is 0. The van der Waals surface area contributed by atoms with E-state index in [0.29, 0.717) is 35.4 Å². The molecule has 0 bridgehead atoms. The van der Waals surface area contributed by atoms with Gasteiger partial charge in [-0.1, -0.05) is 18.2 Å². The summed E-state index contributed by atoms with van der Waals surface area (Å²) < 4.78 is 5.34. The van der Waals surface area contributed by atoms with E-state index in [-0.39, 0.29) is 17.9 Å². The molecular formula is C19H19N5O3. The Morgan fingerprint density at radius 2 is 1.93 bits per heavy atom. The minimum atomic E-state index is -0.266. The third-order valence-electron chi connectivity index (χ3n) is 4.47. The predicted octanol–water partition coefficient (Wildman–Crippen LogP) is 1.34. The van der Waals surface area contributed by atoms with Crippen molar-refractivity contribution in [2.45, 2.75) is 6.42 Å². The molecule has 1 aliphatic rings. The van der Waals surface area contributed by atoms with E-state index in [0.717, 1.165) is 18.9 Å². The first-order valence-corrected chi connectivity index (χ1v) is 8.75. The number of amides is 1. The Bertz CT molecular complexity index is 1010. The van der Waals surface area contributed by atoms with Gasteiger partial charge in [0.15, 0.2) is 0 Å². The summed E-state index contributed by atoms with van der Waals surface area (Å²) in [5.74, 6) is 0.644. The zero-order valence-corrected chi connectivity index (χ0v) is 14.6. The van der Waals surface area contributed by atoms with E-state index in [1.165, 1.54) is 0 Å². The Morgan fingerprint density at radius 3 is 2.67 bits per heavy atom. The molecule has 0 radical (unpaired) electrons. The van der Waals surface area contributed by atoms with Crippen molar-refractivity contribution in [2.24, 2.45) is 0 Å². The van der Waals surface area contributed by atoms with Gasteiger partial charge >= 0.3 is 0 Å². The maximum Gasteiger partial charge on any atom is 0.272 e. The van der Waals surface area contributed by atoms with Crippen LogP contribution in [0.2, 0.25) is 0 Å². The molecule has 8 heteroatoms. The second-order valence-corrected chi connectivity index (χ2v) is 6.27. The van der Waals surface area contributed by atoms with Crippen molar-refractivity contribution >= 4 is 28.2 Å². The molecule has 1 fully saturated rings. The Balaban J connectivity index is 1.45. The first kappa shape index (κ1) is 17.2. The minimum absolute atomic E-state index is 0.0580. The summed E-state index contributed by atoms with van der Waals surface area (Å²) in [6.07, 6.45) is 1.70. The molecule has 0 aliphatic carbocycles. The van der Waals surface area contributed by atoms with Crippen molar-refractivity contribution < 1.29 is 9.53 Å². The van der Waals surface area contributed by atoms with Crippen molar-refractivity contribution in [3.8, 4) is 0 Å². The van der Waals surface area contributed by atoms with E-state index in [1.54, 1.807) is 24.4 Å². The van der Waals surface area contributed by atoms with E-state index in [9.17, 15) is 9.59 Å². The van der Waals surface area contributed by atoms with Crippen LogP contribution in [0.4, 0.5) is 11.5 Å². The molecule has 1 amide bonds. The number of fused-ring (bicyclic) bond motifs is 1. The second-order valence-electron chi connectivity index (χ2n) is 6.27. The standard InChI is InChI=1S/C19H19N5O3/c25-18(11-16-14-3-1-2-4-15(14)19(26)23-22-16)21-13-5-6-17(20-12-13)24-7-9-27-10-8-24/h1-6,12H,7-11H2,(H,21,25)(H,23,26). The van der Waals surface area contributed by atoms with Gasteiger partial charge in [-0.3, -0.25) is 9.59 Å². The van der Waals surface area contributed by atoms with Crippen LogP contribution in [0.15, 0.2) is 47.4 Å². The van der Waals surface area contributed by atoms with Crippen LogP contribution < -0.4 is 15.8 Å². The third-order valence-corrected chi connectivity index (χ3v) is 4.47. The molecule has 2 N–H and O–H groups in total. The van der Waals surface area contributed by atoms with Crippen LogP contribution in [0.3, 0.4) is 0 Å². The number of hydrogen-bond acceptors (Lipinski definition) is 6. The van der Waals surface area contributed by atoms with E-state index in [4.69, 9.17) is 4.74 Å². The average molecular weight is 365 g/mol. The number of nitrogens with zero attached hydrogens (tertiary/aromatic N) is 3. The van der Waals surface area contributed by atoms with Gasteiger partial charge in [-0.25, -0.2) is 10.1 Å². The number of carbonyl (C=O) groups excluding carboxylic acids is 1. The van der Waals surface area contributed by atoms with Crippen LogP contribution in [0.5, 0.6) is 0 Å². The summed E-state index contributed by atoms with van der Waals surface area (Å²) in [5.41, 5.74) is 0.879. The van der Waals surface area contributed by atoms with Crippen LogP contribution >= 0.6 is 0 Å². The minimum Gasteiger partial charge on any atom is -0.378 e. The average Bonchev–Trinajstić information content (AvgIpc) is 2.71. The zero-order valence-electron chi connectivity index (χ0n) is 14.6. The number of H-pyrrole nitrogens is 1. The van der Waals surface area contributed by atoms with Crippen molar-refractivity contribution in [3.05, 3.63) is 58.6 Å². The SMILES string of the molecule is O=C(Cc1n[nH]c(=O)c2ccccc12)Nc1ccc(N2CCOCC2)nc1. The van der Waals surface area contributed by atoms with Crippen LogP contribution in [0.1, 0.15) is 5.69 Å². The summed E-state index contributed by atoms with van der Waals surface area (Å²) in [4.78, 5) is 30.8. The molecule has 3 heterocycles. The van der Waals surface area contributed by atoms with Gasteiger partial charge in [0.2, 0.25) is 5.91 Å². The molecule has 0 unspecified atom stereocenters. The maximum absolute atomic E-state index is 12.4. The smallest absolute Gasteiger partial charge is 0.272 e. The largest absolute Gasteiger partial charge is 0.378 e. The highest BCUT2D eigenvalue weighted by molar-refractivity contribution is 5.95. The normalized spacial score (nSPS) is 14.3. The van der Waals surface area contributed by atoms with Gasteiger partial charge in [-0.15, -0.1) is 0 Å². The monoisotopic (exact) mass is 365 g/mol. The van der Waals surface area contributed by atoms with E-state index >= 15 is 0 Å². The lowest BCUT2D eigenvalue weighted by Crippen LogP contribution is -2.36. The second kappa shape index (κ2) is 7.55. The lowest BCUT2D eigenvalue weighted by atomic mass is 10.1. The highest BCUT2D eigenvalue weighted by Gasteiger charge is 2.13. The number of aromatic amines is 1. The predicted molar refractivity (Wildman–Crippen MR) is 102 cm³/mol. The fraction of sp³-hybridized carbons (Fsp3) is 0.263. The van der Waals surface area contributed by atoms with Crippen molar-refractivity contribution in [1.82, 2.24) is 15.2 Å². The molecule has 0 atom stereocenters. The van der Waals surface area contributed by atoms with Gasteiger partial charge in [0.05, 0.1) is 42.6 Å². The van der Waals surface area contributed by atoms with Gasteiger partial charge in [0.1, 0.15) is 5.82 Å². The zero-order chi connectivity index (χ0) is 18.6. The Labute approximate surface area is 155 Å². The van der Waals surface area contributed by atoms with E-state index in [2.05, 4.69) is 25.4 Å². The van der Waals surface area contributed by atoms with Crippen LogP contribution in [-0.4, -0.2) is 47.4 Å². The number of pyridine rings is 1. The Morgan fingerprint density at radius 1 is 1.15 bits per heavy atom. The molecule has 1 saturated heterocycles. The number of aromatic nitrogens is 3. The summed E-state index contributed by atoms with van der Waals surface area (Å²) in [6, 6.07) is 10.8. The van der Waals surface area contributed by atoms with Crippen LogP contribution in [-0.2, 0) is 16.0 Å². The van der Waals surface area contributed by atoms with Crippen LogP contribution in [0.25, 0.3) is 10.8 Å². The van der Waals surface area contributed by atoms with Crippen molar-refractivity contribution in [2.75, 3.05) is 36.5 Å². The first-order valence-electron chi connectivity index (χ1n) is 8.75. The number of rotatable bonds is 4. The highest BCUT2D eigenvalue weighted by Crippen LogP contribution is 2.17. The molecule has 2 aromatic heterocycles. The van der Waals surface area contributed by atoms with Gasteiger partial charge in [0.25, 0.3) is 5.56 Å². The molecular weight excluding hydrogens is 346 g/mol. The Kier molecular flexibility index (Phi) is 4.80. The molecule has 4 rings (SSSR count). The van der Waals surface area contributed by atoms with E-state index in [1.807, 2.05) is 18.2 Å². The maximum atomic E-state index is 12.4. The fourth-order valence-electron chi connectivity index (χ4n) is 3.10. The van der Waals surface area contributed by atoms with Crippen molar-refractivity contribution in [3.63, 3.8) is 0 Å². The Hall–Kier alpha value is -3.26. The number of nitrogens with one attached hydrogen (secondary N) is 2.